The number of rotatable bonds is 7. The summed E-state index contributed by atoms with van der Waals surface area (Å²) in [5.41, 5.74) is -0.0135. The molecule has 0 bridgehead atoms. The highest BCUT2D eigenvalue weighted by Crippen LogP contribution is 2.29. The number of pyridine rings is 1. The Labute approximate surface area is 127 Å². The van der Waals surface area contributed by atoms with Crippen molar-refractivity contribution in [3.05, 3.63) is 44.6 Å². The molecular weight excluding hydrogens is 288 g/mol. The molecule has 0 aliphatic heterocycles. The maximum atomic E-state index is 11.1. The number of nitrogens with one attached hydrogen (secondary N) is 2. The molecule has 21 heavy (non-hydrogen) atoms. The predicted octanol–water partition coefficient (Wildman–Crippen LogP) is 4.05. The summed E-state index contributed by atoms with van der Waals surface area (Å²) < 4.78 is 0. The molecule has 2 rings (SSSR count). The molecule has 0 saturated carbocycles. The van der Waals surface area contributed by atoms with E-state index < -0.39 is 4.92 Å². The van der Waals surface area contributed by atoms with Crippen LogP contribution >= 0.6 is 11.3 Å². The van der Waals surface area contributed by atoms with Gasteiger partial charge >= 0.3 is 5.69 Å². The number of aromatic nitrogens is 1. The summed E-state index contributed by atoms with van der Waals surface area (Å²) in [4.78, 5) is 16.1. The molecular formula is C14H18N4O2S. The second-order valence-corrected chi connectivity index (χ2v) is 5.61. The lowest BCUT2D eigenvalue weighted by Gasteiger charge is -2.14. The van der Waals surface area contributed by atoms with Gasteiger partial charge in [-0.15, -0.1) is 11.3 Å². The first kappa shape index (κ1) is 15.2. The van der Waals surface area contributed by atoms with E-state index in [0.717, 1.165) is 17.8 Å². The van der Waals surface area contributed by atoms with Crippen LogP contribution in [0, 0.1) is 10.1 Å². The third-order valence-electron chi connectivity index (χ3n) is 2.95. The number of nitrogens with zero attached hydrogens (tertiary/aromatic N) is 2. The van der Waals surface area contributed by atoms with Crippen molar-refractivity contribution in [1.29, 1.82) is 0 Å². The minimum Gasteiger partial charge on any atom is -0.370 e. The van der Waals surface area contributed by atoms with E-state index in [1.165, 1.54) is 6.07 Å². The Hall–Kier alpha value is -2.15. The first-order valence-corrected chi connectivity index (χ1v) is 7.69. The topological polar surface area (TPSA) is 80.1 Å². The maximum Gasteiger partial charge on any atom is 0.311 e. The lowest BCUT2D eigenvalue weighted by molar-refractivity contribution is -0.384. The van der Waals surface area contributed by atoms with Gasteiger partial charge in [-0.1, -0.05) is 13.0 Å². The normalized spacial score (nSPS) is 11.9. The zero-order valence-corrected chi connectivity index (χ0v) is 12.8. The van der Waals surface area contributed by atoms with Gasteiger partial charge in [0.15, 0.2) is 0 Å². The van der Waals surface area contributed by atoms with Crippen LogP contribution in [0.4, 0.5) is 17.3 Å². The molecule has 0 amide bonds. The third kappa shape index (κ3) is 3.91. The molecule has 0 spiro atoms. The highest BCUT2D eigenvalue weighted by atomic mass is 32.1. The quantitative estimate of drug-likeness (QED) is 0.596. The largest absolute Gasteiger partial charge is 0.370 e. The molecule has 0 radical (unpaired) electrons. The summed E-state index contributed by atoms with van der Waals surface area (Å²) in [6.07, 6.45) is 0.965. The molecule has 0 fully saturated rings. The Morgan fingerprint density at radius 3 is 2.86 bits per heavy atom. The van der Waals surface area contributed by atoms with Gasteiger partial charge in [0.1, 0.15) is 5.82 Å². The van der Waals surface area contributed by atoms with E-state index in [0.29, 0.717) is 11.6 Å². The molecule has 2 N–H and O–H groups in total. The zero-order valence-electron chi connectivity index (χ0n) is 12.0. The average Bonchev–Trinajstić information content (AvgIpc) is 2.99. The number of hydrogen-bond acceptors (Lipinski definition) is 6. The first-order valence-electron chi connectivity index (χ1n) is 6.81. The lowest BCUT2D eigenvalue weighted by Crippen LogP contribution is -2.10. The highest BCUT2D eigenvalue weighted by Gasteiger charge is 2.18. The van der Waals surface area contributed by atoms with Crippen LogP contribution < -0.4 is 10.6 Å². The zero-order chi connectivity index (χ0) is 15.2. The Morgan fingerprint density at radius 2 is 2.24 bits per heavy atom. The van der Waals surface area contributed by atoms with Crippen molar-refractivity contribution in [2.45, 2.75) is 26.3 Å². The van der Waals surface area contributed by atoms with Gasteiger partial charge in [-0.3, -0.25) is 10.1 Å². The van der Waals surface area contributed by atoms with Gasteiger partial charge < -0.3 is 10.6 Å². The van der Waals surface area contributed by atoms with Crippen molar-refractivity contribution >= 4 is 28.7 Å². The van der Waals surface area contributed by atoms with Crippen molar-refractivity contribution in [2.24, 2.45) is 0 Å². The molecule has 0 aliphatic carbocycles. The van der Waals surface area contributed by atoms with Crippen molar-refractivity contribution < 1.29 is 4.92 Å². The number of anilines is 2. The van der Waals surface area contributed by atoms with Gasteiger partial charge in [0, 0.05) is 17.5 Å². The lowest BCUT2D eigenvalue weighted by atomic mass is 10.2. The van der Waals surface area contributed by atoms with Crippen LogP contribution in [-0.4, -0.2) is 16.5 Å². The molecule has 112 valence electrons. The van der Waals surface area contributed by atoms with Gasteiger partial charge in [-0.25, -0.2) is 4.98 Å². The van der Waals surface area contributed by atoms with Crippen LogP contribution in [-0.2, 0) is 0 Å². The predicted molar refractivity (Wildman–Crippen MR) is 86.0 cm³/mol. The molecule has 0 saturated heterocycles. The summed E-state index contributed by atoms with van der Waals surface area (Å²) in [6, 6.07) is 7.04. The Bertz CT molecular complexity index is 601. The first-order chi connectivity index (χ1) is 10.1. The summed E-state index contributed by atoms with van der Waals surface area (Å²) in [7, 11) is 0. The Balaban J connectivity index is 2.23. The van der Waals surface area contributed by atoms with Crippen molar-refractivity contribution in [3.8, 4) is 0 Å². The Morgan fingerprint density at radius 1 is 1.43 bits per heavy atom. The second kappa shape index (κ2) is 7.03. The molecule has 0 aromatic carbocycles. The van der Waals surface area contributed by atoms with Crippen LogP contribution in [0.5, 0.6) is 0 Å². The van der Waals surface area contributed by atoms with E-state index in [-0.39, 0.29) is 11.7 Å². The standard InChI is InChI=1S/C14H18N4O2S/c1-3-8-15-13-7-6-11(18(19)20)14(17-13)16-10(2)12-5-4-9-21-12/h4-7,9-10H,3,8H2,1-2H3,(H2,15,16,17). The van der Waals surface area contributed by atoms with Crippen LogP contribution in [0.15, 0.2) is 29.6 Å². The smallest absolute Gasteiger partial charge is 0.311 e. The van der Waals surface area contributed by atoms with Crippen LogP contribution in [0.1, 0.15) is 31.2 Å². The SMILES string of the molecule is CCCNc1ccc([N+](=O)[O-])c(NC(C)c2cccs2)n1. The van der Waals surface area contributed by atoms with Gasteiger partial charge in [-0.05, 0) is 30.9 Å². The van der Waals surface area contributed by atoms with Crippen molar-refractivity contribution in [2.75, 3.05) is 17.2 Å². The van der Waals surface area contributed by atoms with E-state index in [4.69, 9.17) is 0 Å². The fraction of sp³-hybridized carbons (Fsp3) is 0.357. The average molecular weight is 306 g/mol. The van der Waals surface area contributed by atoms with E-state index in [9.17, 15) is 10.1 Å². The molecule has 2 aromatic heterocycles. The van der Waals surface area contributed by atoms with Crippen LogP contribution in [0.3, 0.4) is 0 Å². The van der Waals surface area contributed by atoms with Gasteiger partial charge in [0.25, 0.3) is 0 Å². The fourth-order valence-corrected chi connectivity index (χ4v) is 2.61. The van der Waals surface area contributed by atoms with Crippen LogP contribution in [0.25, 0.3) is 0 Å². The monoisotopic (exact) mass is 306 g/mol. The van der Waals surface area contributed by atoms with E-state index >= 15 is 0 Å². The number of hydrogen-bond donors (Lipinski definition) is 2. The number of nitro groups is 1. The van der Waals surface area contributed by atoms with E-state index in [1.807, 2.05) is 24.4 Å². The second-order valence-electron chi connectivity index (χ2n) is 4.63. The summed E-state index contributed by atoms with van der Waals surface area (Å²) in [5, 5.41) is 19.4. The fourth-order valence-electron chi connectivity index (χ4n) is 1.87. The Kier molecular flexibility index (Phi) is 5.10. The molecule has 0 aliphatic rings. The maximum absolute atomic E-state index is 11.1. The molecule has 6 nitrogen and oxygen atoms in total. The molecule has 7 heteroatoms. The van der Waals surface area contributed by atoms with Gasteiger partial charge in [0.05, 0.1) is 11.0 Å². The molecule has 2 heterocycles. The van der Waals surface area contributed by atoms with E-state index in [2.05, 4.69) is 22.5 Å². The van der Waals surface area contributed by atoms with Gasteiger partial charge in [-0.2, -0.15) is 0 Å². The van der Waals surface area contributed by atoms with E-state index in [1.54, 1.807) is 17.4 Å². The van der Waals surface area contributed by atoms with Crippen LogP contribution in [0.2, 0.25) is 0 Å². The summed E-state index contributed by atoms with van der Waals surface area (Å²) in [5.74, 6) is 0.935. The number of thiophene rings is 1. The minimum atomic E-state index is -0.417. The molecule has 1 unspecified atom stereocenters. The minimum absolute atomic E-state index is 0.0135. The highest BCUT2D eigenvalue weighted by molar-refractivity contribution is 7.10. The van der Waals surface area contributed by atoms with Crippen molar-refractivity contribution in [1.82, 2.24) is 4.98 Å². The molecule has 1 atom stereocenters. The van der Waals surface area contributed by atoms with Gasteiger partial charge in [0.2, 0.25) is 5.82 Å². The molecule has 2 aromatic rings. The summed E-state index contributed by atoms with van der Waals surface area (Å²) in [6.45, 7) is 4.80. The summed E-state index contributed by atoms with van der Waals surface area (Å²) >= 11 is 1.61. The van der Waals surface area contributed by atoms with Crippen molar-refractivity contribution in [3.63, 3.8) is 0 Å². The third-order valence-corrected chi connectivity index (χ3v) is 4.00.